The average Bonchev–Trinajstić information content (AvgIpc) is 2.92. The normalized spacial score (nSPS) is 14.6. The highest BCUT2D eigenvalue weighted by atomic mass is 32.2. The number of nitrogens with one attached hydrogen (secondary N) is 1. The van der Waals surface area contributed by atoms with Gasteiger partial charge in [-0.15, -0.1) is 0 Å². The molecule has 1 aliphatic heterocycles. The molecule has 24 heavy (non-hydrogen) atoms. The summed E-state index contributed by atoms with van der Waals surface area (Å²) in [4.78, 5) is 13.7. The van der Waals surface area contributed by atoms with E-state index in [1.54, 1.807) is 9.47 Å². The zero-order valence-electron chi connectivity index (χ0n) is 12.8. The third kappa shape index (κ3) is 2.99. The van der Waals surface area contributed by atoms with Gasteiger partial charge in [0.1, 0.15) is 22.2 Å². The minimum absolute atomic E-state index is 0.131. The summed E-state index contributed by atoms with van der Waals surface area (Å²) in [7, 11) is -4.06. The molecule has 0 spiro atoms. The number of anilines is 1. The van der Waals surface area contributed by atoms with E-state index in [9.17, 15) is 22.0 Å². The van der Waals surface area contributed by atoms with Crippen LogP contribution in [0.3, 0.4) is 0 Å². The Morgan fingerprint density at radius 2 is 1.79 bits per heavy atom. The molecule has 0 radical (unpaired) electrons. The number of halogens is 2. The molecule has 6 nitrogen and oxygen atoms in total. The molecule has 2 aromatic rings. The molecule has 3 rings (SSSR count). The van der Waals surface area contributed by atoms with Gasteiger partial charge in [-0.05, 0) is 25.1 Å². The fourth-order valence-corrected chi connectivity index (χ4v) is 3.69. The molecule has 1 aromatic carbocycles. The topological polar surface area (TPSA) is 71.4 Å². The fourth-order valence-electron chi connectivity index (χ4n) is 2.62. The number of hydrogen-bond donors (Lipinski definition) is 1. The molecule has 1 aromatic heterocycles. The number of rotatable bonds is 4. The van der Waals surface area contributed by atoms with Gasteiger partial charge in [0.25, 0.3) is 15.9 Å². The maximum atomic E-state index is 13.2. The van der Waals surface area contributed by atoms with E-state index >= 15 is 0 Å². The number of amides is 1. The molecule has 0 atom stereocenters. The first-order valence-corrected chi connectivity index (χ1v) is 8.77. The Morgan fingerprint density at radius 1 is 1.12 bits per heavy atom. The molecular weight excluding hydrogens is 340 g/mol. The first kappa shape index (κ1) is 16.4. The Morgan fingerprint density at radius 3 is 2.42 bits per heavy atom. The number of fused-ring (bicyclic) bond motifs is 1. The molecule has 1 N–H and O–H groups in total. The van der Waals surface area contributed by atoms with E-state index in [1.807, 2.05) is 6.92 Å². The second-order valence-corrected chi connectivity index (χ2v) is 7.09. The predicted molar refractivity (Wildman–Crippen MR) is 83.2 cm³/mol. The van der Waals surface area contributed by atoms with Crippen molar-refractivity contribution in [1.29, 1.82) is 0 Å². The highest BCUT2D eigenvalue weighted by molar-refractivity contribution is 7.92. The molecule has 9 heteroatoms. The minimum Gasteiger partial charge on any atom is -0.340 e. The maximum Gasteiger partial charge on any atom is 0.270 e. The second-order valence-electron chi connectivity index (χ2n) is 5.40. The molecule has 1 amide bonds. The van der Waals surface area contributed by atoms with Crippen LogP contribution in [0.1, 0.15) is 17.4 Å². The predicted octanol–water partition coefficient (Wildman–Crippen LogP) is 2.04. The van der Waals surface area contributed by atoms with Gasteiger partial charge in [-0.25, -0.2) is 17.2 Å². The molecule has 0 fully saturated rings. The van der Waals surface area contributed by atoms with Gasteiger partial charge in [0, 0.05) is 31.9 Å². The van der Waals surface area contributed by atoms with Gasteiger partial charge >= 0.3 is 0 Å². The van der Waals surface area contributed by atoms with Crippen molar-refractivity contribution >= 4 is 21.6 Å². The number of carbonyl (C=O) groups is 1. The lowest BCUT2D eigenvalue weighted by atomic mass is 10.3. The van der Waals surface area contributed by atoms with Crippen LogP contribution in [0, 0.1) is 11.6 Å². The Balaban J connectivity index is 1.93. The fraction of sp³-hybridized carbons (Fsp3) is 0.267. The minimum atomic E-state index is -4.06. The molecule has 0 unspecified atom stereocenters. The number of nitrogens with zero attached hydrogens (tertiary/aromatic N) is 2. The van der Waals surface area contributed by atoms with Gasteiger partial charge in [-0.3, -0.25) is 9.52 Å². The molecule has 0 saturated heterocycles. The van der Waals surface area contributed by atoms with Crippen molar-refractivity contribution in [3.05, 3.63) is 47.8 Å². The molecule has 1 aliphatic rings. The standard InChI is InChI=1S/C15H15F2N3O3S/c1-2-19-3-4-20-9-13(8-14(20)15(19)21)24(22,23)18-12-6-10(16)5-11(17)7-12/h5-9,18H,2-4H2,1H3. The lowest BCUT2D eigenvalue weighted by molar-refractivity contribution is 0.0715. The Kier molecular flexibility index (Phi) is 4.04. The number of sulfonamides is 1. The summed E-state index contributed by atoms with van der Waals surface area (Å²) in [6, 6.07) is 3.66. The summed E-state index contributed by atoms with van der Waals surface area (Å²) in [5.41, 5.74) is 0.0482. The van der Waals surface area contributed by atoms with Crippen LogP contribution in [0.15, 0.2) is 35.4 Å². The van der Waals surface area contributed by atoms with Crippen molar-refractivity contribution < 1.29 is 22.0 Å². The number of hydrogen-bond acceptors (Lipinski definition) is 3. The smallest absolute Gasteiger partial charge is 0.270 e. The number of carbonyl (C=O) groups excluding carboxylic acids is 1. The highest BCUT2D eigenvalue weighted by Crippen LogP contribution is 2.23. The summed E-state index contributed by atoms with van der Waals surface area (Å²) in [6.45, 7) is 3.36. The molecule has 0 bridgehead atoms. The monoisotopic (exact) mass is 355 g/mol. The SMILES string of the molecule is CCN1CCn2cc(S(=O)(=O)Nc3cc(F)cc(F)c3)cc2C1=O. The van der Waals surface area contributed by atoms with Gasteiger partial charge in [-0.1, -0.05) is 0 Å². The first-order valence-electron chi connectivity index (χ1n) is 7.28. The van der Waals surface area contributed by atoms with E-state index in [1.165, 1.54) is 12.3 Å². The van der Waals surface area contributed by atoms with Crippen LogP contribution in [0.25, 0.3) is 0 Å². The van der Waals surface area contributed by atoms with Crippen LogP contribution < -0.4 is 4.72 Å². The second kappa shape index (κ2) is 5.90. The van der Waals surface area contributed by atoms with Crippen molar-refractivity contribution in [1.82, 2.24) is 9.47 Å². The van der Waals surface area contributed by atoms with Crippen molar-refractivity contribution in [2.75, 3.05) is 17.8 Å². The van der Waals surface area contributed by atoms with Gasteiger partial charge < -0.3 is 9.47 Å². The Hall–Kier alpha value is -2.42. The molecule has 0 saturated carbocycles. The molecule has 128 valence electrons. The number of likely N-dealkylation sites (N-methyl/N-ethyl adjacent to an activating group) is 1. The molecule has 2 heterocycles. The summed E-state index contributed by atoms with van der Waals surface area (Å²) in [5, 5.41) is 0. The zero-order valence-corrected chi connectivity index (χ0v) is 13.6. The summed E-state index contributed by atoms with van der Waals surface area (Å²) < 4.78 is 54.9. The van der Waals surface area contributed by atoms with E-state index in [0.717, 1.165) is 12.1 Å². The number of benzene rings is 1. The maximum absolute atomic E-state index is 13.2. The van der Waals surface area contributed by atoms with Crippen LogP contribution >= 0.6 is 0 Å². The van der Waals surface area contributed by atoms with Crippen LogP contribution in [0.2, 0.25) is 0 Å². The third-order valence-electron chi connectivity index (χ3n) is 3.80. The van der Waals surface area contributed by atoms with E-state index in [-0.39, 0.29) is 22.2 Å². The van der Waals surface area contributed by atoms with Gasteiger partial charge in [-0.2, -0.15) is 0 Å². The van der Waals surface area contributed by atoms with Gasteiger partial charge in [0.15, 0.2) is 0 Å². The van der Waals surface area contributed by atoms with Crippen LogP contribution in [0.5, 0.6) is 0 Å². The quantitative estimate of drug-likeness (QED) is 0.912. The van der Waals surface area contributed by atoms with Crippen molar-refractivity contribution in [3.63, 3.8) is 0 Å². The molecular formula is C15H15F2N3O3S. The van der Waals surface area contributed by atoms with E-state index in [4.69, 9.17) is 0 Å². The first-order chi connectivity index (χ1) is 11.3. The summed E-state index contributed by atoms with van der Waals surface area (Å²) in [6.07, 6.45) is 1.35. The number of aromatic nitrogens is 1. The molecule has 0 aliphatic carbocycles. The zero-order chi connectivity index (χ0) is 17.5. The van der Waals surface area contributed by atoms with Crippen molar-refractivity contribution in [2.24, 2.45) is 0 Å². The Bertz CT molecular complexity index is 888. The van der Waals surface area contributed by atoms with Crippen LogP contribution in [-0.2, 0) is 16.6 Å². The van der Waals surface area contributed by atoms with Crippen LogP contribution in [-0.4, -0.2) is 36.9 Å². The van der Waals surface area contributed by atoms with Gasteiger partial charge in [0.2, 0.25) is 0 Å². The lowest BCUT2D eigenvalue weighted by Crippen LogP contribution is -2.39. The highest BCUT2D eigenvalue weighted by Gasteiger charge is 2.27. The van der Waals surface area contributed by atoms with Crippen molar-refractivity contribution in [3.8, 4) is 0 Å². The van der Waals surface area contributed by atoms with E-state index < -0.39 is 21.7 Å². The average molecular weight is 355 g/mol. The largest absolute Gasteiger partial charge is 0.340 e. The van der Waals surface area contributed by atoms with Gasteiger partial charge in [0.05, 0.1) is 5.69 Å². The summed E-state index contributed by atoms with van der Waals surface area (Å²) >= 11 is 0. The van der Waals surface area contributed by atoms with E-state index in [0.29, 0.717) is 25.7 Å². The summed E-state index contributed by atoms with van der Waals surface area (Å²) in [5.74, 6) is -2.03. The Labute approximate surface area is 137 Å². The van der Waals surface area contributed by atoms with E-state index in [2.05, 4.69) is 4.72 Å². The van der Waals surface area contributed by atoms with Crippen LogP contribution in [0.4, 0.5) is 14.5 Å². The lowest BCUT2D eigenvalue weighted by Gasteiger charge is -2.26. The van der Waals surface area contributed by atoms with Crippen molar-refractivity contribution in [2.45, 2.75) is 18.4 Å². The third-order valence-corrected chi connectivity index (χ3v) is 5.14.